The van der Waals surface area contributed by atoms with Gasteiger partial charge in [0, 0.05) is 17.9 Å². The van der Waals surface area contributed by atoms with Crippen LogP contribution in [0.3, 0.4) is 0 Å². The first-order chi connectivity index (χ1) is 13.4. The van der Waals surface area contributed by atoms with Crippen LogP contribution in [0.15, 0.2) is 53.5 Å². The molecular formula is C21H21N5O2. The zero-order valence-electron chi connectivity index (χ0n) is 16.0. The second-order valence-electron chi connectivity index (χ2n) is 7.08. The lowest BCUT2D eigenvalue weighted by Crippen LogP contribution is -2.37. The van der Waals surface area contributed by atoms with Crippen molar-refractivity contribution in [3.63, 3.8) is 0 Å². The Morgan fingerprint density at radius 1 is 1.14 bits per heavy atom. The molecular weight excluding hydrogens is 354 g/mol. The summed E-state index contributed by atoms with van der Waals surface area (Å²) in [5, 5.41) is 0.532. The first-order valence-corrected chi connectivity index (χ1v) is 9.17. The molecule has 0 spiro atoms. The third-order valence-corrected chi connectivity index (χ3v) is 4.78. The Balaban J connectivity index is 1.70. The molecule has 0 aliphatic heterocycles. The Hall–Kier alpha value is -3.48. The predicted molar refractivity (Wildman–Crippen MR) is 107 cm³/mol. The Morgan fingerprint density at radius 3 is 2.68 bits per heavy atom. The topological polar surface area (TPSA) is 83.4 Å². The van der Waals surface area contributed by atoms with Crippen molar-refractivity contribution in [3.8, 4) is 0 Å². The Labute approximate surface area is 161 Å². The van der Waals surface area contributed by atoms with E-state index in [1.165, 1.54) is 0 Å². The first-order valence-electron chi connectivity index (χ1n) is 9.17. The van der Waals surface area contributed by atoms with E-state index in [2.05, 4.69) is 15.0 Å². The normalized spacial score (nSPS) is 11.4. The number of nitrogens with zero attached hydrogens (tertiary/aromatic N) is 4. The van der Waals surface area contributed by atoms with Crippen LogP contribution < -0.4 is 5.56 Å². The van der Waals surface area contributed by atoms with E-state index in [1.54, 1.807) is 29.3 Å². The fourth-order valence-electron chi connectivity index (χ4n) is 3.26. The number of amides is 1. The van der Waals surface area contributed by atoms with E-state index in [9.17, 15) is 9.59 Å². The van der Waals surface area contributed by atoms with Gasteiger partial charge in [0.25, 0.3) is 11.5 Å². The van der Waals surface area contributed by atoms with E-state index in [0.717, 1.165) is 11.3 Å². The number of aromatic amines is 1. The summed E-state index contributed by atoms with van der Waals surface area (Å²) >= 11 is 0. The van der Waals surface area contributed by atoms with Crippen LogP contribution in [-0.2, 0) is 6.54 Å². The molecule has 4 rings (SSSR count). The minimum absolute atomic E-state index is 0.0878. The average Bonchev–Trinajstić information content (AvgIpc) is 3.11. The highest BCUT2D eigenvalue weighted by molar-refractivity contribution is 5.93. The van der Waals surface area contributed by atoms with Gasteiger partial charge < -0.3 is 14.3 Å². The van der Waals surface area contributed by atoms with Gasteiger partial charge in [0.2, 0.25) is 0 Å². The van der Waals surface area contributed by atoms with Gasteiger partial charge in [-0.3, -0.25) is 9.59 Å². The molecule has 7 nitrogen and oxygen atoms in total. The second kappa shape index (κ2) is 6.92. The van der Waals surface area contributed by atoms with Crippen LogP contribution in [0.2, 0.25) is 0 Å². The number of pyridine rings is 1. The molecule has 0 aliphatic carbocycles. The first kappa shape index (κ1) is 17.9. The number of aryl methyl sites for hydroxylation is 1. The van der Waals surface area contributed by atoms with Gasteiger partial charge in [-0.2, -0.15) is 0 Å². The Kier molecular flexibility index (Phi) is 4.43. The zero-order valence-corrected chi connectivity index (χ0v) is 16.0. The summed E-state index contributed by atoms with van der Waals surface area (Å²) in [5.74, 6) is 0.250. The smallest absolute Gasteiger partial charge is 0.274 e. The van der Waals surface area contributed by atoms with E-state index in [-0.39, 0.29) is 24.1 Å². The van der Waals surface area contributed by atoms with Gasteiger partial charge in [-0.1, -0.05) is 18.2 Å². The minimum Gasteiger partial charge on any atom is -0.327 e. The van der Waals surface area contributed by atoms with Gasteiger partial charge in [-0.15, -0.1) is 0 Å². The molecule has 1 N–H and O–H groups in total. The number of rotatable bonds is 4. The van der Waals surface area contributed by atoms with Gasteiger partial charge in [0.05, 0.1) is 17.4 Å². The molecule has 0 aliphatic rings. The van der Waals surface area contributed by atoms with Gasteiger partial charge in [-0.25, -0.2) is 9.97 Å². The molecule has 1 amide bonds. The van der Waals surface area contributed by atoms with Crippen molar-refractivity contribution >= 4 is 22.5 Å². The molecule has 0 radical (unpaired) electrons. The van der Waals surface area contributed by atoms with Crippen molar-refractivity contribution in [1.82, 2.24) is 24.3 Å². The summed E-state index contributed by atoms with van der Waals surface area (Å²) in [6.07, 6.45) is 1.75. The van der Waals surface area contributed by atoms with Gasteiger partial charge in [0.15, 0.2) is 0 Å². The van der Waals surface area contributed by atoms with E-state index in [4.69, 9.17) is 0 Å². The molecule has 0 unspecified atom stereocenters. The molecule has 3 aromatic heterocycles. The number of hydrogen-bond acceptors (Lipinski definition) is 4. The summed E-state index contributed by atoms with van der Waals surface area (Å²) < 4.78 is 1.89. The van der Waals surface area contributed by atoms with Crippen LogP contribution in [0.5, 0.6) is 0 Å². The predicted octanol–water partition coefficient (Wildman–Crippen LogP) is 2.93. The number of imidazole rings is 1. The monoisotopic (exact) mass is 375 g/mol. The van der Waals surface area contributed by atoms with Crippen molar-refractivity contribution < 1.29 is 4.79 Å². The summed E-state index contributed by atoms with van der Waals surface area (Å²) in [6, 6.07) is 12.8. The van der Waals surface area contributed by atoms with Crippen molar-refractivity contribution in [2.45, 2.75) is 33.4 Å². The minimum atomic E-state index is -0.208. The second-order valence-corrected chi connectivity index (χ2v) is 7.08. The molecule has 7 heteroatoms. The number of para-hydroxylation sites is 1. The fraction of sp³-hybridized carbons (Fsp3) is 0.238. The van der Waals surface area contributed by atoms with Gasteiger partial charge in [-0.05, 0) is 45.0 Å². The molecule has 0 saturated heterocycles. The maximum absolute atomic E-state index is 13.2. The summed E-state index contributed by atoms with van der Waals surface area (Å²) in [6.45, 7) is 6.02. The van der Waals surface area contributed by atoms with Crippen LogP contribution in [0.1, 0.15) is 35.9 Å². The van der Waals surface area contributed by atoms with Crippen LogP contribution >= 0.6 is 0 Å². The highest BCUT2D eigenvalue weighted by atomic mass is 16.2. The molecule has 0 bridgehead atoms. The molecule has 0 atom stereocenters. The number of carbonyl (C=O) groups is 1. The van der Waals surface area contributed by atoms with Gasteiger partial charge >= 0.3 is 0 Å². The van der Waals surface area contributed by atoms with E-state index in [1.807, 2.05) is 49.4 Å². The van der Waals surface area contributed by atoms with E-state index >= 15 is 0 Å². The number of fused-ring (bicyclic) bond motifs is 2. The summed E-state index contributed by atoms with van der Waals surface area (Å²) in [5.41, 5.74) is 2.50. The largest absolute Gasteiger partial charge is 0.327 e. The maximum atomic E-state index is 13.2. The van der Waals surface area contributed by atoms with Crippen molar-refractivity contribution in [3.05, 3.63) is 76.2 Å². The van der Waals surface area contributed by atoms with Crippen molar-refractivity contribution in [1.29, 1.82) is 0 Å². The number of aromatic nitrogens is 4. The van der Waals surface area contributed by atoms with Crippen LogP contribution in [0.25, 0.3) is 16.6 Å². The molecule has 0 saturated carbocycles. The van der Waals surface area contributed by atoms with E-state index in [0.29, 0.717) is 22.4 Å². The highest BCUT2D eigenvalue weighted by Gasteiger charge is 2.23. The zero-order chi connectivity index (χ0) is 19.8. The number of carbonyl (C=O) groups excluding carboxylic acids is 1. The lowest BCUT2D eigenvalue weighted by atomic mass is 10.2. The Morgan fingerprint density at radius 2 is 1.93 bits per heavy atom. The fourth-order valence-corrected chi connectivity index (χ4v) is 3.26. The van der Waals surface area contributed by atoms with Gasteiger partial charge in [0.1, 0.15) is 17.2 Å². The van der Waals surface area contributed by atoms with Crippen molar-refractivity contribution in [2.75, 3.05) is 0 Å². The molecule has 28 heavy (non-hydrogen) atoms. The molecule has 142 valence electrons. The van der Waals surface area contributed by atoms with E-state index < -0.39 is 0 Å². The standard InChI is InChI=1S/C21H21N5O2/c1-13(2)25(12-18-22-16-9-5-4-8-15(16)20(27)24-18)21(28)17-11-26-14(3)7-6-10-19(26)23-17/h4-11,13H,12H2,1-3H3,(H,22,24,27). The molecule has 1 aromatic carbocycles. The third-order valence-electron chi connectivity index (χ3n) is 4.78. The molecule has 4 aromatic rings. The van der Waals surface area contributed by atoms with Crippen LogP contribution in [-0.4, -0.2) is 36.2 Å². The number of hydrogen-bond donors (Lipinski definition) is 1. The van der Waals surface area contributed by atoms with Crippen LogP contribution in [0, 0.1) is 6.92 Å². The third kappa shape index (κ3) is 3.15. The quantitative estimate of drug-likeness (QED) is 0.594. The highest BCUT2D eigenvalue weighted by Crippen LogP contribution is 2.15. The number of H-pyrrole nitrogens is 1. The maximum Gasteiger partial charge on any atom is 0.274 e. The molecule has 3 heterocycles. The summed E-state index contributed by atoms with van der Waals surface area (Å²) in [7, 11) is 0. The molecule has 0 fully saturated rings. The number of nitrogens with one attached hydrogen (secondary N) is 1. The average molecular weight is 375 g/mol. The summed E-state index contributed by atoms with van der Waals surface area (Å²) in [4.78, 5) is 38.9. The number of benzene rings is 1. The lowest BCUT2D eigenvalue weighted by molar-refractivity contribution is 0.0679. The van der Waals surface area contributed by atoms with Crippen LogP contribution in [0.4, 0.5) is 0 Å². The SMILES string of the molecule is Cc1cccc2nc(C(=O)N(Cc3nc4ccccc4c(=O)[nH]3)C(C)C)cn12. The lowest BCUT2D eigenvalue weighted by Gasteiger charge is -2.25. The van der Waals surface area contributed by atoms with Crippen molar-refractivity contribution in [2.24, 2.45) is 0 Å². The Bertz CT molecular complexity index is 1240.